The van der Waals surface area contributed by atoms with Crippen molar-refractivity contribution in [3.05, 3.63) is 41.3 Å². The number of aromatic nitrogens is 2. The molecule has 0 atom stereocenters. The molecule has 1 aromatic carbocycles. The van der Waals surface area contributed by atoms with Crippen LogP contribution in [0.4, 0.5) is 0 Å². The van der Waals surface area contributed by atoms with Crippen molar-refractivity contribution in [1.82, 2.24) is 9.38 Å². The van der Waals surface area contributed by atoms with E-state index in [-0.39, 0.29) is 0 Å². The Morgan fingerprint density at radius 2 is 1.68 bits per heavy atom. The Morgan fingerprint density at radius 3 is 2.27 bits per heavy atom. The van der Waals surface area contributed by atoms with Crippen LogP contribution in [0.15, 0.2) is 41.3 Å². The minimum atomic E-state index is 0.567. The Balaban J connectivity index is 2.26. The zero-order valence-electron chi connectivity index (χ0n) is 12.5. The van der Waals surface area contributed by atoms with Gasteiger partial charge in [-0.25, -0.2) is 0 Å². The van der Waals surface area contributed by atoms with Gasteiger partial charge in [0.25, 0.3) is 0 Å². The van der Waals surface area contributed by atoms with Gasteiger partial charge in [0.1, 0.15) is 0 Å². The van der Waals surface area contributed by atoms with E-state index >= 15 is 0 Å². The number of hydrogen-bond donors (Lipinski definition) is 0. The first-order valence-corrected chi connectivity index (χ1v) is 7.39. The fraction of sp³-hybridized carbons (Fsp3) is 0.188. The van der Waals surface area contributed by atoms with Gasteiger partial charge < -0.3 is 18.6 Å². The molecule has 3 rings (SSSR count). The molecule has 5 nitrogen and oxygen atoms in total. The fourth-order valence-corrected chi connectivity index (χ4v) is 2.88. The van der Waals surface area contributed by atoms with Gasteiger partial charge in [-0.05, 0) is 34.1 Å². The van der Waals surface area contributed by atoms with Crippen LogP contribution in [0.3, 0.4) is 0 Å². The van der Waals surface area contributed by atoms with Crippen LogP contribution in [0.1, 0.15) is 0 Å². The number of methoxy groups -OCH3 is 3. The van der Waals surface area contributed by atoms with Crippen LogP contribution in [0, 0.1) is 0 Å². The molecule has 0 saturated heterocycles. The smallest absolute Gasteiger partial charge is 0.203 e. The van der Waals surface area contributed by atoms with Gasteiger partial charge in [0.05, 0.1) is 32.5 Å². The molecular weight excluding hydrogens is 348 g/mol. The van der Waals surface area contributed by atoms with Crippen molar-refractivity contribution in [2.24, 2.45) is 0 Å². The average Bonchev–Trinajstić information content (AvgIpc) is 2.93. The van der Waals surface area contributed by atoms with Gasteiger partial charge in [-0.15, -0.1) is 0 Å². The van der Waals surface area contributed by atoms with Gasteiger partial charge in [-0.3, -0.25) is 4.98 Å². The van der Waals surface area contributed by atoms with Gasteiger partial charge in [0.2, 0.25) is 5.75 Å². The Kier molecular flexibility index (Phi) is 3.94. The molecule has 0 saturated carbocycles. The predicted molar refractivity (Wildman–Crippen MR) is 88.0 cm³/mol. The van der Waals surface area contributed by atoms with Gasteiger partial charge >= 0.3 is 0 Å². The monoisotopic (exact) mass is 362 g/mol. The van der Waals surface area contributed by atoms with E-state index in [1.165, 1.54) is 0 Å². The lowest BCUT2D eigenvalue weighted by Crippen LogP contribution is -1.97. The standard InChI is InChI=1S/C16H15BrN2O3/c1-20-13-6-10(7-14(21-2)16(13)22-3)15-12-8-11(17)9-19(12)5-4-18-15/h4-9H,1-3H3. The summed E-state index contributed by atoms with van der Waals surface area (Å²) in [6, 6.07) is 5.81. The molecule has 0 fully saturated rings. The highest BCUT2D eigenvalue weighted by atomic mass is 79.9. The van der Waals surface area contributed by atoms with Crippen LogP contribution in [-0.2, 0) is 0 Å². The van der Waals surface area contributed by atoms with E-state index in [1.54, 1.807) is 27.5 Å². The lowest BCUT2D eigenvalue weighted by atomic mass is 10.1. The molecule has 0 N–H and O–H groups in total. The number of halogens is 1. The number of ether oxygens (including phenoxy) is 3. The second-order valence-corrected chi connectivity index (χ2v) is 5.56. The maximum atomic E-state index is 5.41. The molecule has 0 radical (unpaired) electrons. The van der Waals surface area contributed by atoms with E-state index < -0.39 is 0 Å². The van der Waals surface area contributed by atoms with Crippen LogP contribution in [0.5, 0.6) is 17.2 Å². The third-order valence-electron chi connectivity index (χ3n) is 3.43. The topological polar surface area (TPSA) is 45.0 Å². The number of hydrogen-bond acceptors (Lipinski definition) is 4. The van der Waals surface area contributed by atoms with E-state index in [9.17, 15) is 0 Å². The van der Waals surface area contributed by atoms with Gasteiger partial charge in [0, 0.05) is 28.6 Å². The summed E-state index contributed by atoms with van der Waals surface area (Å²) in [7, 11) is 4.79. The molecule has 114 valence electrons. The van der Waals surface area contributed by atoms with Crippen molar-refractivity contribution in [3.8, 4) is 28.5 Å². The third kappa shape index (κ3) is 2.39. The molecule has 22 heavy (non-hydrogen) atoms. The molecule has 2 aromatic heterocycles. The number of rotatable bonds is 4. The van der Waals surface area contributed by atoms with Crippen LogP contribution < -0.4 is 14.2 Å². The Hall–Kier alpha value is -2.21. The average molecular weight is 363 g/mol. The summed E-state index contributed by atoms with van der Waals surface area (Å²) >= 11 is 3.49. The summed E-state index contributed by atoms with van der Waals surface area (Å²) in [5.41, 5.74) is 2.72. The zero-order valence-corrected chi connectivity index (χ0v) is 14.0. The zero-order chi connectivity index (χ0) is 15.7. The Labute approximate surface area is 136 Å². The summed E-state index contributed by atoms with van der Waals surface area (Å²) in [5, 5.41) is 0. The Morgan fingerprint density at radius 1 is 1.00 bits per heavy atom. The largest absolute Gasteiger partial charge is 0.493 e. The van der Waals surface area contributed by atoms with E-state index in [2.05, 4.69) is 20.9 Å². The minimum Gasteiger partial charge on any atom is -0.493 e. The molecule has 2 heterocycles. The number of benzene rings is 1. The molecule has 6 heteroatoms. The molecule has 0 bridgehead atoms. The number of nitrogens with zero attached hydrogens (tertiary/aromatic N) is 2. The summed E-state index contributed by atoms with van der Waals surface area (Å²) in [4.78, 5) is 4.50. The summed E-state index contributed by atoms with van der Waals surface area (Å²) in [6.07, 6.45) is 5.65. The predicted octanol–water partition coefficient (Wildman–Crippen LogP) is 3.79. The maximum absolute atomic E-state index is 5.41. The van der Waals surface area contributed by atoms with Crippen molar-refractivity contribution in [2.75, 3.05) is 21.3 Å². The fourth-order valence-electron chi connectivity index (χ4n) is 2.44. The van der Waals surface area contributed by atoms with Crippen molar-refractivity contribution in [3.63, 3.8) is 0 Å². The summed E-state index contributed by atoms with van der Waals surface area (Å²) < 4.78 is 19.2. The SMILES string of the molecule is COc1cc(-c2nccn3cc(Br)cc23)cc(OC)c1OC. The van der Waals surface area contributed by atoms with Crippen LogP contribution in [0.25, 0.3) is 16.8 Å². The van der Waals surface area contributed by atoms with Crippen molar-refractivity contribution in [1.29, 1.82) is 0 Å². The molecule has 3 aromatic rings. The quantitative estimate of drug-likeness (QED) is 0.708. The highest BCUT2D eigenvalue weighted by molar-refractivity contribution is 9.10. The van der Waals surface area contributed by atoms with Crippen molar-refractivity contribution < 1.29 is 14.2 Å². The molecule has 0 aliphatic heterocycles. The Bertz CT molecular complexity index is 804. The molecule has 0 unspecified atom stereocenters. The molecule has 0 spiro atoms. The number of fused-ring (bicyclic) bond motifs is 1. The van der Waals surface area contributed by atoms with Gasteiger partial charge in [-0.1, -0.05) is 0 Å². The second-order valence-electron chi connectivity index (χ2n) is 4.64. The summed E-state index contributed by atoms with van der Waals surface area (Å²) in [5.74, 6) is 1.77. The maximum Gasteiger partial charge on any atom is 0.203 e. The van der Waals surface area contributed by atoms with Crippen molar-refractivity contribution >= 4 is 21.4 Å². The first-order chi connectivity index (χ1) is 10.7. The van der Waals surface area contributed by atoms with Gasteiger partial charge in [0.15, 0.2) is 11.5 Å². The van der Waals surface area contributed by atoms with Crippen LogP contribution >= 0.6 is 15.9 Å². The molecule has 0 amide bonds. The first kappa shape index (κ1) is 14.7. The first-order valence-electron chi connectivity index (χ1n) is 6.60. The van der Waals surface area contributed by atoms with E-state index in [1.807, 2.05) is 35.0 Å². The lowest BCUT2D eigenvalue weighted by molar-refractivity contribution is 0.324. The third-order valence-corrected chi connectivity index (χ3v) is 3.86. The van der Waals surface area contributed by atoms with Crippen LogP contribution in [-0.4, -0.2) is 30.7 Å². The van der Waals surface area contributed by atoms with Gasteiger partial charge in [-0.2, -0.15) is 0 Å². The normalized spacial score (nSPS) is 10.7. The van der Waals surface area contributed by atoms with Crippen molar-refractivity contribution in [2.45, 2.75) is 0 Å². The summed E-state index contributed by atoms with van der Waals surface area (Å²) in [6.45, 7) is 0. The van der Waals surface area contributed by atoms with E-state index in [4.69, 9.17) is 14.2 Å². The molecular formula is C16H15BrN2O3. The van der Waals surface area contributed by atoms with E-state index in [0.29, 0.717) is 17.2 Å². The lowest BCUT2D eigenvalue weighted by Gasteiger charge is -2.14. The highest BCUT2D eigenvalue weighted by Crippen LogP contribution is 2.41. The highest BCUT2D eigenvalue weighted by Gasteiger charge is 2.16. The molecule has 0 aliphatic carbocycles. The molecule has 0 aliphatic rings. The van der Waals surface area contributed by atoms with E-state index in [0.717, 1.165) is 21.2 Å². The van der Waals surface area contributed by atoms with Crippen LogP contribution in [0.2, 0.25) is 0 Å². The minimum absolute atomic E-state index is 0.567. The second kappa shape index (κ2) is 5.88.